The van der Waals surface area contributed by atoms with Crippen molar-refractivity contribution in [2.45, 2.75) is 38.3 Å². The second-order valence-corrected chi connectivity index (χ2v) is 4.25. The monoisotopic (exact) mass is 195 g/mol. The maximum Gasteiger partial charge on any atom is 0.0975 e. The number of nitrogens with zero attached hydrogens (tertiary/aromatic N) is 3. The molecule has 1 rings (SSSR count). The quantitative estimate of drug-likeness (QED) is 0.680. The lowest BCUT2D eigenvalue weighted by atomic mass is 10.0. The fourth-order valence-corrected chi connectivity index (χ4v) is 2.13. The fraction of sp³-hybridized carbons (Fsp3) is 0.909. The molecule has 0 N–H and O–H groups in total. The lowest BCUT2D eigenvalue weighted by molar-refractivity contribution is 0.124. The number of likely N-dealkylation sites (tertiary alicyclic amines) is 1. The third kappa shape index (κ3) is 2.70. The number of nitriles is 1. The van der Waals surface area contributed by atoms with Crippen LogP contribution in [0.4, 0.5) is 0 Å². The molecule has 0 aliphatic carbocycles. The highest BCUT2D eigenvalue weighted by Crippen LogP contribution is 2.17. The molecule has 1 aliphatic heterocycles. The first kappa shape index (κ1) is 11.5. The summed E-state index contributed by atoms with van der Waals surface area (Å²) in [7, 11) is 4.26. The summed E-state index contributed by atoms with van der Waals surface area (Å²) in [6.07, 6.45) is 3.33. The molecule has 3 heteroatoms. The summed E-state index contributed by atoms with van der Waals surface area (Å²) in [4.78, 5) is 4.62. The summed E-state index contributed by atoms with van der Waals surface area (Å²) < 4.78 is 0. The van der Waals surface area contributed by atoms with E-state index in [0.29, 0.717) is 6.04 Å². The Labute approximate surface area is 87.3 Å². The minimum Gasteiger partial charge on any atom is -0.306 e. The van der Waals surface area contributed by atoms with Gasteiger partial charge in [-0.3, -0.25) is 4.90 Å². The summed E-state index contributed by atoms with van der Waals surface area (Å²) in [6.45, 7) is 4.41. The van der Waals surface area contributed by atoms with Crippen molar-refractivity contribution in [2.24, 2.45) is 0 Å². The molecule has 0 spiro atoms. The molecule has 1 aliphatic rings. The van der Waals surface area contributed by atoms with E-state index in [-0.39, 0.29) is 6.04 Å². The fourth-order valence-electron chi connectivity index (χ4n) is 2.13. The second kappa shape index (κ2) is 5.33. The van der Waals surface area contributed by atoms with Crippen molar-refractivity contribution in [3.63, 3.8) is 0 Å². The molecule has 3 nitrogen and oxygen atoms in total. The van der Waals surface area contributed by atoms with Gasteiger partial charge in [0.1, 0.15) is 0 Å². The third-order valence-corrected chi connectivity index (χ3v) is 3.29. The summed E-state index contributed by atoms with van der Waals surface area (Å²) in [5.41, 5.74) is 0. The van der Waals surface area contributed by atoms with Crippen molar-refractivity contribution in [2.75, 3.05) is 27.2 Å². The second-order valence-electron chi connectivity index (χ2n) is 4.25. The van der Waals surface area contributed by atoms with Crippen molar-refractivity contribution in [1.82, 2.24) is 9.80 Å². The van der Waals surface area contributed by atoms with E-state index in [1.807, 2.05) is 0 Å². The Morgan fingerprint density at radius 1 is 1.50 bits per heavy atom. The van der Waals surface area contributed by atoms with Crippen LogP contribution in [0.15, 0.2) is 0 Å². The van der Waals surface area contributed by atoms with Gasteiger partial charge in [-0.15, -0.1) is 0 Å². The molecule has 1 unspecified atom stereocenters. The Morgan fingerprint density at radius 2 is 2.07 bits per heavy atom. The van der Waals surface area contributed by atoms with Gasteiger partial charge in [0, 0.05) is 6.04 Å². The molecule has 0 aromatic rings. The van der Waals surface area contributed by atoms with Crippen LogP contribution in [0.2, 0.25) is 0 Å². The average Bonchev–Trinajstić information content (AvgIpc) is 2.20. The van der Waals surface area contributed by atoms with E-state index in [2.05, 4.69) is 36.9 Å². The van der Waals surface area contributed by atoms with Crippen LogP contribution in [0.25, 0.3) is 0 Å². The largest absolute Gasteiger partial charge is 0.306 e. The Bertz CT molecular complexity index is 201. The van der Waals surface area contributed by atoms with E-state index in [1.54, 1.807) is 0 Å². The minimum absolute atomic E-state index is 0.100. The van der Waals surface area contributed by atoms with Gasteiger partial charge in [-0.25, -0.2) is 0 Å². The van der Waals surface area contributed by atoms with Crippen LogP contribution in [0.3, 0.4) is 0 Å². The molecule has 1 atom stereocenters. The van der Waals surface area contributed by atoms with E-state index in [9.17, 15) is 0 Å². The Hall–Kier alpha value is -0.590. The number of rotatable bonds is 3. The molecule has 0 aromatic heterocycles. The van der Waals surface area contributed by atoms with Gasteiger partial charge in [-0.05, 0) is 46.4 Å². The molecule has 1 fully saturated rings. The molecule has 0 bridgehead atoms. The van der Waals surface area contributed by atoms with E-state index in [0.717, 1.165) is 19.5 Å². The van der Waals surface area contributed by atoms with Gasteiger partial charge < -0.3 is 4.90 Å². The Balaban J connectivity index is 2.45. The lowest BCUT2D eigenvalue weighted by Crippen LogP contribution is -2.45. The van der Waals surface area contributed by atoms with Crippen molar-refractivity contribution in [3.05, 3.63) is 0 Å². The summed E-state index contributed by atoms with van der Waals surface area (Å²) in [6, 6.07) is 3.08. The van der Waals surface area contributed by atoms with Gasteiger partial charge in [0.2, 0.25) is 0 Å². The Kier molecular flexibility index (Phi) is 4.37. The van der Waals surface area contributed by atoms with Crippen LogP contribution in [-0.4, -0.2) is 49.1 Å². The highest BCUT2D eigenvalue weighted by Gasteiger charge is 2.24. The van der Waals surface area contributed by atoms with Crippen LogP contribution >= 0.6 is 0 Å². The number of hydrogen-bond donors (Lipinski definition) is 0. The van der Waals surface area contributed by atoms with Crippen molar-refractivity contribution in [3.8, 4) is 6.07 Å². The summed E-state index contributed by atoms with van der Waals surface area (Å²) in [5, 5.41) is 8.98. The third-order valence-electron chi connectivity index (χ3n) is 3.29. The highest BCUT2D eigenvalue weighted by atomic mass is 15.2. The predicted molar refractivity (Wildman–Crippen MR) is 58.0 cm³/mol. The first-order valence-corrected chi connectivity index (χ1v) is 5.49. The average molecular weight is 195 g/mol. The maximum absolute atomic E-state index is 8.98. The van der Waals surface area contributed by atoms with E-state index >= 15 is 0 Å². The zero-order valence-corrected chi connectivity index (χ0v) is 9.53. The Morgan fingerprint density at radius 3 is 2.50 bits per heavy atom. The van der Waals surface area contributed by atoms with Crippen LogP contribution in [0.5, 0.6) is 0 Å². The minimum atomic E-state index is 0.100. The molecule has 0 saturated carbocycles. The molecular weight excluding hydrogens is 174 g/mol. The number of hydrogen-bond acceptors (Lipinski definition) is 3. The highest BCUT2D eigenvalue weighted by molar-refractivity contribution is 4.93. The SMILES string of the molecule is CCC(C#N)N(C)C1CCN(C)CC1. The van der Waals surface area contributed by atoms with Gasteiger partial charge in [0.25, 0.3) is 0 Å². The zero-order valence-electron chi connectivity index (χ0n) is 9.53. The molecular formula is C11H21N3. The van der Waals surface area contributed by atoms with Crippen LogP contribution in [0, 0.1) is 11.3 Å². The van der Waals surface area contributed by atoms with Gasteiger partial charge in [-0.2, -0.15) is 5.26 Å². The van der Waals surface area contributed by atoms with Gasteiger partial charge >= 0.3 is 0 Å². The van der Waals surface area contributed by atoms with Gasteiger partial charge in [-0.1, -0.05) is 6.92 Å². The molecule has 0 radical (unpaired) electrons. The number of piperidine rings is 1. The van der Waals surface area contributed by atoms with Crippen LogP contribution in [0.1, 0.15) is 26.2 Å². The normalized spacial score (nSPS) is 22.2. The van der Waals surface area contributed by atoms with E-state index in [4.69, 9.17) is 5.26 Å². The van der Waals surface area contributed by atoms with Crippen LogP contribution in [-0.2, 0) is 0 Å². The van der Waals surface area contributed by atoms with Gasteiger partial charge in [0.05, 0.1) is 12.1 Å². The van der Waals surface area contributed by atoms with Crippen molar-refractivity contribution < 1.29 is 0 Å². The van der Waals surface area contributed by atoms with Crippen molar-refractivity contribution >= 4 is 0 Å². The standard InChI is InChI=1S/C11H21N3/c1-4-10(9-12)14(3)11-5-7-13(2)8-6-11/h10-11H,4-8H2,1-3H3. The first-order valence-electron chi connectivity index (χ1n) is 5.49. The lowest BCUT2D eigenvalue weighted by Gasteiger charge is -2.36. The summed E-state index contributed by atoms with van der Waals surface area (Å²) in [5.74, 6) is 0. The van der Waals surface area contributed by atoms with Gasteiger partial charge in [0.15, 0.2) is 0 Å². The molecule has 80 valence electrons. The molecule has 0 amide bonds. The van der Waals surface area contributed by atoms with E-state index in [1.165, 1.54) is 12.8 Å². The maximum atomic E-state index is 8.98. The van der Waals surface area contributed by atoms with Crippen LogP contribution < -0.4 is 0 Å². The predicted octanol–water partition coefficient (Wildman–Crippen LogP) is 1.31. The van der Waals surface area contributed by atoms with Crippen molar-refractivity contribution in [1.29, 1.82) is 5.26 Å². The zero-order chi connectivity index (χ0) is 10.6. The summed E-state index contributed by atoms with van der Waals surface area (Å²) >= 11 is 0. The molecule has 1 saturated heterocycles. The topological polar surface area (TPSA) is 30.3 Å². The molecule has 1 heterocycles. The molecule has 14 heavy (non-hydrogen) atoms. The molecule has 0 aromatic carbocycles. The van der Waals surface area contributed by atoms with E-state index < -0.39 is 0 Å². The first-order chi connectivity index (χ1) is 6.69. The smallest absolute Gasteiger partial charge is 0.0975 e.